The minimum Gasteiger partial charge on any atom is -0.376 e. The number of hydrogen-bond acceptors (Lipinski definition) is 5. The molecule has 0 aliphatic heterocycles. The van der Waals surface area contributed by atoms with E-state index in [4.69, 9.17) is 4.52 Å². The number of rotatable bonds is 4. The van der Waals surface area contributed by atoms with Gasteiger partial charge >= 0.3 is 0 Å². The van der Waals surface area contributed by atoms with Crippen LogP contribution in [0.2, 0.25) is 0 Å². The van der Waals surface area contributed by atoms with Crippen molar-refractivity contribution in [1.29, 1.82) is 0 Å². The van der Waals surface area contributed by atoms with Gasteiger partial charge in [-0.2, -0.15) is 16.3 Å². The molecule has 24 heavy (non-hydrogen) atoms. The van der Waals surface area contributed by atoms with Crippen molar-refractivity contribution in [2.45, 2.75) is 19.4 Å². The van der Waals surface area contributed by atoms with E-state index in [0.29, 0.717) is 18.3 Å². The van der Waals surface area contributed by atoms with Crippen molar-refractivity contribution in [2.24, 2.45) is 0 Å². The van der Waals surface area contributed by atoms with Crippen LogP contribution in [0, 0.1) is 0 Å². The van der Waals surface area contributed by atoms with E-state index in [1.807, 2.05) is 16.8 Å². The second kappa shape index (κ2) is 5.46. The largest absolute Gasteiger partial charge is 0.376 e. The van der Waals surface area contributed by atoms with Crippen LogP contribution in [0.5, 0.6) is 0 Å². The Morgan fingerprint density at radius 2 is 2.00 bits per heavy atom. The number of thiophene rings is 1. The summed E-state index contributed by atoms with van der Waals surface area (Å²) in [6.07, 6.45) is 2.29. The smallest absolute Gasteiger partial charge is 0.246 e. The zero-order valence-electron chi connectivity index (χ0n) is 13.0. The zero-order valence-corrected chi connectivity index (χ0v) is 13.8. The fourth-order valence-corrected chi connectivity index (χ4v) is 4.04. The summed E-state index contributed by atoms with van der Waals surface area (Å²) in [5.74, 6) is 1.24. The van der Waals surface area contributed by atoms with Gasteiger partial charge in [0.1, 0.15) is 0 Å². The Hall–Kier alpha value is -2.66. The van der Waals surface area contributed by atoms with E-state index in [-0.39, 0.29) is 0 Å². The van der Waals surface area contributed by atoms with Gasteiger partial charge in [-0.1, -0.05) is 29.4 Å². The van der Waals surface area contributed by atoms with Crippen LogP contribution < -0.4 is 5.32 Å². The number of aryl methyl sites for hydroxylation is 2. The van der Waals surface area contributed by atoms with Crippen LogP contribution in [0.25, 0.3) is 22.2 Å². The van der Waals surface area contributed by atoms with Crippen molar-refractivity contribution in [3.63, 3.8) is 0 Å². The first kappa shape index (κ1) is 13.7. The van der Waals surface area contributed by atoms with Crippen molar-refractivity contribution < 1.29 is 4.52 Å². The molecule has 0 bridgehead atoms. The predicted molar refractivity (Wildman–Crippen MR) is 96.3 cm³/mol. The molecule has 5 rings (SSSR count). The fraction of sp³-hybridized carbons (Fsp3) is 0.158. The van der Waals surface area contributed by atoms with Gasteiger partial charge in [-0.15, -0.1) is 0 Å². The number of anilines is 1. The second-order valence-corrected chi connectivity index (χ2v) is 6.77. The van der Waals surface area contributed by atoms with Gasteiger partial charge in [0.25, 0.3) is 0 Å². The molecule has 4 nitrogen and oxygen atoms in total. The summed E-state index contributed by atoms with van der Waals surface area (Å²) in [6, 6.07) is 12.9. The van der Waals surface area contributed by atoms with Crippen LogP contribution in [0.1, 0.15) is 17.0 Å². The molecule has 0 atom stereocenters. The molecule has 0 unspecified atom stereocenters. The average molecular weight is 333 g/mol. The highest BCUT2D eigenvalue weighted by molar-refractivity contribution is 7.08. The van der Waals surface area contributed by atoms with Gasteiger partial charge in [0, 0.05) is 22.0 Å². The number of hydrogen-bond donors (Lipinski definition) is 1. The van der Waals surface area contributed by atoms with Crippen LogP contribution in [0.4, 0.5) is 5.69 Å². The zero-order chi connectivity index (χ0) is 15.9. The molecule has 1 aliphatic carbocycles. The normalized spacial score (nSPS) is 12.8. The highest BCUT2D eigenvalue weighted by Gasteiger charge is 2.16. The molecule has 0 radical (unpaired) electrons. The summed E-state index contributed by atoms with van der Waals surface area (Å²) in [4.78, 5) is 4.46. The first-order valence-electron chi connectivity index (χ1n) is 8.01. The van der Waals surface area contributed by atoms with Gasteiger partial charge < -0.3 is 9.84 Å². The Balaban J connectivity index is 1.42. The maximum atomic E-state index is 5.36. The molecule has 0 saturated carbocycles. The highest BCUT2D eigenvalue weighted by atomic mass is 32.1. The number of nitrogens with zero attached hydrogens (tertiary/aromatic N) is 2. The Morgan fingerprint density at radius 3 is 2.88 bits per heavy atom. The maximum Gasteiger partial charge on any atom is 0.246 e. The minimum absolute atomic E-state index is 0.524. The molecule has 0 spiro atoms. The van der Waals surface area contributed by atoms with E-state index in [1.54, 1.807) is 11.3 Å². The third-order valence-electron chi connectivity index (χ3n) is 4.55. The molecule has 1 aliphatic rings. The van der Waals surface area contributed by atoms with Gasteiger partial charge in [0.15, 0.2) is 0 Å². The van der Waals surface area contributed by atoms with E-state index in [1.165, 1.54) is 21.9 Å². The van der Waals surface area contributed by atoms with E-state index >= 15 is 0 Å². The minimum atomic E-state index is 0.524. The van der Waals surface area contributed by atoms with Crippen LogP contribution in [0.15, 0.2) is 51.7 Å². The van der Waals surface area contributed by atoms with E-state index in [0.717, 1.165) is 24.1 Å². The molecule has 2 heterocycles. The monoisotopic (exact) mass is 333 g/mol. The molecular formula is C19H15N3OS. The molecular weight excluding hydrogens is 318 g/mol. The van der Waals surface area contributed by atoms with Crippen LogP contribution >= 0.6 is 11.3 Å². The molecule has 4 aromatic rings. The molecule has 5 heteroatoms. The van der Waals surface area contributed by atoms with Crippen molar-refractivity contribution >= 4 is 27.8 Å². The van der Waals surface area contributed by atoms with E-state index in [2.05, 4.69) is 45.8 Å². The standard InChI is InChI=1S/C19H15N3OS/c1-2-12-4-5-13-6-7-16(15(3-1)18(12)13)20-10-17-21-19(22-23-17)14-8-9-24-11-14/h1-3,6-9,11,20H,4-5,10H2. The summed E-state index contributed by atoms with van der Waals surface area (Å²) in [7, 11) is 0. The van der Waals surface area contributed by atoms with Crippen molar-refractivity contribution in [3.8, 4) is 11.4 Å². The van der Waals surface area contributed by atoms with Gasteiger partial charge in [-0.25, -0.2) is 0 Å². The summed E-state index contributed by atoms with van der Waals surface area (Å²) in [6.45, 7) is 0.524. The van der Waals surface area contributed by atoms with Crippen LogP contribution in [-0.2, 0) is 19.4 Å². The van der Waals surface area contributed by atoms with Gasteiger partial charge in [0.2, 0.25) is 11.7 Å². The lowest BCUT2D eigenvalue weighted by molar-refractivity contribution is 0.384. The van der Waals surface area contributed by atoms with Gasteiger partial charge in [0.05, 0.1) is 6.54 Å². The molecule has 1 N–H and O–H groups in total. The molecule has 2 aromatic heterocycles. The van der Waals surface area contributed by atoms with Gasteiger partial charge in [-0.3, -0.25) is 0 Å². The third-order valence-corrected chi connectivity index (χ3v) is 5.24. The SMILES string of the molecule is c1cc2c3c(ccc(NCc4nc(-c5ccsc5)no4)c3c1)CC2. The lowest BCUT2D eigenvalue weighted by Gasteiger charge is -2.10. The highest BCUT2D eigenvalue weighted by Crippen LogP contribution is 2.35. The summed E-state index contributed by atoms with van der Waals surface area (Å²) in [5, 5.41) is 14.2. The molecule has 2 aromatic carbocycles. The topological polar surface area (TPSA) is 51.0 Å². The lowest BCUT2D eigenvalue weighted by atomic mass is 10.0. The third kappa shape index (κ3) is 2.20. The predicted octanol–water partition coefficient (Wildman–Crippen LogP) is 4.66. The Bertz CT molecular complexity index is 1010. The van der Waals surface area contributed by atoms with E-state index in [9.17, 15) is 0 Å². The Kier molecular flexibility index (Phi) is 3.13. The first-order valence-corrected chi connectivity index (χ1v) is 8.95. The summed E-state index contributed by atoms with van der Waals surface area (Å²) in [5.41, 5.74) is 5.01. The lowest BCUT2D eigenvalue weighted by Crippen LogP contribution is -2.00. The first-order chi connectivity index (χ1) is 11.9. The molecule has 0 saturated heterocycles. The fourth-order valence-electron chi connectivity index (χ4n) is 3.41. The van der Waals surface area contributed by atoms with Gasteiger partial charge in [-0.05, 0) is 46.9 Å². The molecule has 118 valence electrons. The van der Waals surface area contributed by atoms with Crippen LogP contribution in [-0.4, -0.2) is 10.1 Å². The Labute approximate surface area is 143 Å². The maximum absolute atomic E-state index is 5.36. The number of nitrogens with one attached hydrogen (secondary N) is 1. The van der Waals surface area contributed by atoms with E-state index < -0.39 is 0 Å². The molecule has 0 fully saturated rings. The second-order valence-electron chi connectivity index (χ2n) is 5.99. The van der Waals surface area contributed by atoms with Crippen LogP contribution in [0.3, 0.4) is 0 Å². The summed E-state index contributed by atoms with van der Waals surface area (Å²) < 4.78 is 5.36. The Morgan fingerprint density at radius 1 is 1.08 bits per heavy atom. The van der Waals surface area contributed by atoms with Crippen molar-refractivity contribution in [2.75, 3.05) is 5.32 Å². The quantitative estimate of drug-likeness (QED) is 0.590. The molecule has 0 amide bonds. The number of aromatic nitrogens is 2. The average Bonchev–Trinajstić information content (AvgIpc) is 3.35. The van der Waals surface area contributed by atoms with Crippen molar-refractivity contribution in [3.05, 3.63) is 64.2 Å². The summed E-state index contributed by atoms with van der Waals surface area (Å²) >= 11 is 1.63. The number of benzene rings is 2. The van der Waals surface area contributed by atoms with Crippen molar-refractivity contribution in [1.82, 2.24) is 10.1 Å².